The highest BCUT2D eigenvalue weighted by molar-refractivity contribution is 5.15. The van der Waals surface area contributed by atoms with Crippen molar-refractivity contribution in [1.82, 2.24) is 14.7 Å². The Morgan fingerprint density at radius 2 is 2.08 bits per heavy atom. The van der Waals surface area contributed by atoms with E-state index in [4.69, 9.17) is 4.74 Å². The molecule has 2 fully saturated rings. The summed E-state index contributed by atoms with van der Waals surface area (Å²) in [4.78, 5) is 2.61. The summed E-state index contributed by atoms with van der Waals surface area (Å²) in [5.74, 6) is 0. The first-order valence-corrected chi connectivity index (χ1v) is 10.1. The van der Waals surface area contributed by atoms with Crippen LogP contribution < -0.4 is 0 Å². The van der Waals surface area contributed by atoms with Gasteiger partial charge in [0.25, 0.3) is 0 Å². The Morgan fingerprint density at radius 1 is 1.19 bits per heavy atom. The minimum atomic E-state index is 0.304. The predicted molar refractivity (Wildman–Crippen MR) is 104 cm³/mol. The Labute approximate surface area is 157 Å². The third-order valence-corrected chi connectivity index (χ3v) is 6.25. The van der Waals surface area contributed by atoms with E-state index < -0.39 is 0 Å². The largest absolute Gasteiger partial charge is 0.378 e. The molecule has 4 heteroatoms. The predicted octanol–water partition coefficient (Wildman–Crippen LogP) is 3.81. The maximum atomic E-state index is 6.31. The molecule has 0 radical (unpaired) electrons. The van der Waals surface area contributed by atoms with Gasteiger partial charge in [0.1, 0.15) is 0 Å². The van der Waals surface area contributed by atoms with Crippen LogP contribution in [-0.2, 0) is 24.8 Å². The van der Waals surface area contributed by atoms with Crippen molar-refractivity contribution in [2.45, 2.75) is 51.2 Å². The minimum Gasteiger partial charge on any atom is -0.378 e. The normalized spacial score (nSPS) is 27.0. The number of benzene rings is 1. The van der Waals surface area contributed by atoms with Crippen molar-refractivity contribution in [3.63, 3.8) is 0 Å². The molecular formula is C22H31N3O. The first-order valence-electron chi connectivity index (χ1n) is 10.1. The SMILES string of the molecule is Cn1cc(CN2CCC(CCc3ccccc3)(C3CCCCO3)C2)cn1. The van der Waals surface area contributed by atoms with Gasteiger partial charge in [-0.25, -0.2) is 0 Å². The molecule has 0 N–H and O–H groups in total. The van der Waals surface area contributed by atoms with Crippen molar-refractivity contribution in [3.8, 4) is 0 Å². The van der Waals surface area contributed by atoms with Crippen molar-refractivity contribution in [2.75, 3.05) is 19.7 Å². The number of aromatic nitrogens is 2. The molecule has 3 heterocycles. The van der Waals surface area contributed by atoms with Gasteiger partial charge in [-0.05, 0) is 50.6 Å². The van der Waals surface area contributed by atoms with Crippen LogP contribution in [0.2, 0.25) is 0 Å². The van der Waals surface area contributed by atoms with Gasteiger partial charge in [-0.1, -0.05) is 30.3 Å². The van der Waals surface area contributed by atoms with E-state index in [2.05, 4.69) is 46.5 Å². The summed E-state index contributed by atoms with van der Waals surface area (Å²) in [5.41, 5.74) is 3.07. The van der Waals surface area contributed by atoms with Crippen molar-refractivity contribution in [1.29, 1.82) is 0 Å². The van der Waals surface area contributed by atoms with Crippen LogP contribution in [0.3, 0.4) is 0 Å². The highest BCUT2D eigenvalue weighted by Gasteiger charge is 2.45. The highest BCUT2D eigenvalue weighted by Crippen LogP contribution is 2.43. The van der Waals surface area contributed by atoms with E-state index in [1.807, 2.05) is 17.9 Å². The molecule has 140 valence electrons. The van der Waals surface area contributed by atoms with Crippen LogP contribution in [0.15, 0.2) is 42.7 Å². The van der Waals surface area contributed by atoms with E-state index in [0.29, 0.717) is 11.5 Å². The Balaban J connectivity index is 1.46. The van der Waals surface area contributed by atoms with Gasteiger partial charge in [-0.15, -0.1) is 0 Å². The maximum absolute atomic E-state index is 6.31. The van der Waals surface area contributed by atoms with Crippen LogP contribution in [0.4, 0.5) is 0 Å². The van der Waals surface area contributed by atoms with Crippen molar-refractivity contribution >= 4 is 0 Å². The topological polar surface area (TPSA) is 30.3 Å². The molecule has 1 aromatic heterocycles. The van der Waals surface area contributed by atoms with Gasteiger partial charge >= 0.3 is 0 Å². The maximum Gasteiger partial charge on any atom is 0.0644 e. The molecule has 2 atom stereocenters. The van der Waals surface area contributed by atoms with Gasteiger partial charge in [0.2, 0.25) is 0 Å². The quantitative estimate of drug-likeness (QED) is 0.791. The van der Waals surface area contributed by atoms with Crippen LogP contribution in [0, 0.1) is 5.41 Å². The lowest BCUT2D eigenvalue weighted by atomic mass is 9.74. The molecule has 0 bridgehead atoms. The lowest BCUT2D eigenvalue weighted by Gasteiger charge is -2.40. The molecule has 0 aliphatic carbocycles. The van der Waals surface area contributed by atoms with E-state index in [0.717, 1.165) is 26.1 Å². The smallest absolute Gasteiger partial charge is 0.0644 e. The number of aryl methyl sites for hydroxylation is 2. The van der Waals surface area contributed by atoms with Gasteiger partial charge in [-0.3, -0.25) is 9.58 Å². The molecule has 0 spiro atoms. The summed E-state index contributed by atoms with van der Waals surface area (Å²) in [7, 11) is 1.99. The van der Waals surface area contributed by atoms with Crippen LogP contribution in [0.5, 0.6) is 0 Å². The Kier molecular flexibility index (Phi) is 5.41. The third kappa shape index (κ3) is 4.02. The molecule has 2 saturated heterocycles. The molecule has 2 aliphatic heterocycles. The van der Waals surface area contributed by atoms with Crippen LogP contribution in [0.25, 0.3) is 0 Å². The van der Waals surface area contributed by atoms with Gasteiger partial charge in [0, 0.05) is 43.9 Å². The fourth-order valence-electron chi connectivity index (χ4n) is 4.82. The van der Waals surface area contributed by atoms with Crippen LogP contribution in [-0.4, -0.2) is 40.5 Å². The van der Waals surface area contributed by atoms with Gasteiger partial charge in [0.05, 0.1) is 12.3 Å². The summed E-state index contributed by atoms with van der Waals surface area (Å²) in [6, 6.07) is 10.9. The number of hydrogen-bond donors (Lipinski definition) is 0. The Hall–Kier alpha value is -1.65. The van der Waals surface area contributed by atoms with Crippen LogP contribution >= 0.6 is 0 Å². The molecule has 2 unspecified atom stereocenters. The van der Waals surface area contributed by atoms with E-state index in [-0.39, 0.29) is 0 Å². The standard InChI is InChI=1S/C22H31N3O/c1-24-16-20(15-23-24)17-25-13-12-22(18-25,21-9-5-6-14-26-21)11-10-19-7-3-2-4-8-19/h2-4,7-8,15-16,21H,5-6,9-14,17-18H2,1H3. The van der Waals surface area contributed by atoms with E-state index in [1.54, 1.807) is 0 Å². The second kappa shape index (κ2) is 7.93. The zero-order valence-electron chi connectivity index (χ0n) is 15.9. The van der Waals surface area contributed by atoms with Crippen LogP contribution in [0.1, 0.15) is 43.2 Å². The van der Waals surface area contributed by atoms with E-state index in [9.17, 15) is 0 Å². The van der Waals surface area contributed by atoms with E-state index in [1.165, 1.54) is 49.8 Å². The highest BCUT2D eigenvalue weighted by atomic mass is 16.5. The fraction of sp³-hybridized carbons (Fsp3) is 0.591. The van der Waals surface area contributed by atoms with E-state index >= 15 is 0 Å². The fourth-order valence-corrected chi connectivity index (χ4v) is 4.82. The lowest BCUT2D eigenvalue weighted by molar-refractivity contribution is -0.0684. The van der Waals surface area contributed by atoms with Crippen molar-refractivity contribution in [3.05, 3.63) is 53.9 Å². The van der Waals surface area contributed by atoms with Gasteiger partial charge < -0.3 is 4.74 Å². The third-order valence-electron chi connectivity index (χ3n) is 6.25. The molecule has 2 aliphatic rings. The first kappa shape index (κ1) is 17.7. The molecule has 0 amide bonds. The second-order valence-corrected chi connectivity index (χ2v) is 8.19. The summed E-state index contributed by atoms with van der Waals surface area (Å²) in [6.07, 6.45) is 12.0. The minimum absolute atomic E-state index is 0.304. The summed E-state index contributed by atoms with van der Waals surface area (Å²) in [5, 5.41) is 4.33. The molecule has 1 aromatic carbocycles. The molecular weight excluding hydrogens is 322 g/mol. The number of hydrogen-bond acceptors (Lipinski definition) is 3. The average molecular weight is 354 g/mol. The summed E-state index contributed by atoms with van der Waals surface area (Å²) >= 11 is 0. The number of likely N-dealkylation sites (tertiary alicyclic amines) is 1. The Morgan fingerprint density at radius 3 is 2.81 bits per heavy atom. The molecule has 4 rings (SSSR count). The zero-order valence-corrected chi connectivity index (χ0v) is 15.9. The molecule has 26 heavy (non-hydrogen) atoms. The number of rotatable bonds is 6. The van der Waals surface area contributed by atoms with Gasteiger partial charge in [-0.2, -0.15) is 5.10 Å². The first-order chi connectivity index (χ1) is 12.7. The Bertz CT molecular complexity index is 692. The monoisotopic (exact) mass is 353 g/mol. The van der Waals surface area contributed by atoms with Crippen molar-refractivity contribution in [2.24, 2.45) is 12.5 Å². The summed E-state index contributed by atoms with van der Waals surface area (Å²) in [6.45, 7) is 4.27. The summed E-state index contributed by atoms with van der Waals surface area (Å²) < 4.78 is 8.21. The molecule has 0 saturated carbocycles. The van der Waals surface area contributed by atoms with Crippen molar-refractivity contribution < 1.29 is 4.74 Å². The lowest BCUT2D eigenvalue weighted by Crippen LogP contribution is -2.42. The van der Waals surface area contributed by atoms with Gasteiger partial charge in [0.15, 0.2) is 0 Å². The molecule has 4 nitrogen and oxygen atoms in total. The average Bonchev–Trinajstić information content (AvgIpc) is 3.29. The second-order valence-electron chi connectivity index (χ2n) is 8.19. The number of nitrogens with zero attached hydrogens (tertiary/aromatic N) is 3. The number of ether oxygens (including phenoxy) is 1. The zero-order chi connectivity index (χ0) is 17.8. The molecule has 2 aromatic rings.